The van der Waals surface area contributed by atoms with Gasteiger partial charge in [0.2, 0.25) is 11.8 Å². The Balaban J connectivity index is 2.12. The van der Waals surface area contributed by atoms with Gasteiger partial charge in [-0.1, -0.05) is 5.21 Å². The Morgan fingerprint density at radius 3 is 3.00 bits per heavy atom. The summed E-state index contributed by atoms with van der Waals surface area (Å²) in [5.41, 5.74) is 5.92. The van der Waals surface area contributed by atoms with E-state index in [0.717, 1.165) is 6.42 Å². The molecule has 1 aromatic rings. The first kappa shape index (κ1) is 11.6. The van der Waals surface area contributed by atoms with E-state index in [1.54, 1.807) is 11.8 Å². The zero-order valence-electron chi connectivity index (χ0n) is 9.59. The second-order valence-electron chi connectivity index (χ2n) is 4.23. The van der Waals surface area contributed by atoms with Crippen molar-refractivity contribution in [3.63, 3.8) is 0 Å². The quantitative estimate of drug-likeness (QED) is 0.731. The summed E-state index contributed by atoms with van der Waals surface area (Å²) in [5.74, 6) is -0.937. The third-order valence-corrected chi connectivity index (χ3v) is 3.13. The van der Waals surface area contributed by atoms with Gasteiger partial charge in [-0.3, -0.25) is 14.7 Å². The zero-order chi connectivity index (χ0) is 12.4. The fourth-order valence-corrected chi connectivity index (χ4v) is 2.12. The summed E-state index contributed by atoms with van der Waals surface area (Å²) in [6.07, 6.45) is 2.97. The highest BCUT2D eigenvalue weighted by Crippen LogP contribution is 2.23. The number of hydrogen-bond donors (Lipinski definition) is 2. The number of hydrogen-bond acceptors (Lipinski definition) is 4. The van der Waals surface area contributed by atoms with Gasteiger partial charge >= 0.3 is 0 Å². The minimum Gasteiger partial charge on any atom is -0.368 e. The third kappa shape index (κ3) is 2.13. The monoisotopic (exact) mass is 237 g/mol. The van der Waals surface area contributed by atoms with Gasteiger partial charge in [-0.25, -0.2) is 0 Å². The Morgan fingerprint density at radius 1 is 1.65 bits per heavy atom. The molecule has 2 atom stereocenters. The van der Waals surface area contributed by atoms with Gasteiger partial charge in [0.05, 0.1) is 17.8 Å². The molecule has 1 saturated heterocycles. The number of rotatable bonds is 3. The molecule has 2 heterocycles. The predicted molar refractivity (Wildman–Crippen MR) is 58.7 cm³/mol. The van der Waals surface area contributed by atoms with Crippen LogP contribution in [0, 0.1) is 0 Å². The first-order valence-electron chi connectivity index (χ1n) is 5.57. The number of amides is 2. The van der Waals surface area contributed by atoms with Crippen LogP contribution in [0.2, 0.25) is 0 Å². The van der Waals surface area contributed by atoms with Gasteiger partial charge in [-0.15, -0.1) is 5.10 Å². The molecule has 0 saturated carbocycles. The highest BCUT2D eigenvalue weighted by molar-refractivity contribution is 5.90. The van der Waals surface area contributed by atoms with Crippen molar-refractivity contribution in [3.8, 4) is 0 Å². The average molecular weight is 237 g/mol. The molecule has 3 N–H and O–H groups in total. The van der Waals surface area contributed by atoms with Crippen molar-refractivity contribution in [2.24, 2.45) is 5.73 Å². The Hall–Kier alpha value is -1.92. The van der Waals surface area contributed by atoms with E-state index < -0.39 is 11.9 Å². The van der Waals surface area contributed by atoms with Crippen LogP contribution in [0.15, 0.2) is 6.20 Å². The number of H-pyrrole nitrogens is 1. The SMILES string of the molecule is CC(C(=O)N1CCCC1C(N)=O)c1cnn[nH]1. The molecule has 2 unspecified atom stereocenters. The van der Waals surface area contributed by atoms with Gasteiger partial charge in [0.25, 0.3) is 0 Å². The molecule has 7 heteroatoms. The van der Waals surface area contributed by atoms with E-state index in [9.17, 15) is 9.59 Å². The maximum absolute atomic E-state index is 12.2. The number of primary amides is 1. The van der Waals surface area contributed by atoms with Gasteiger partial charge in [0, 0.05) is 6.54 Å². The molecule has 2 rings (SSSR count). The number of aromatic amines is 1. The van der Waals surface area contributed by atoms with Crippen molar-refractivity contribution < 1.29 is 9.59 Å². The van der Waals surface area contributed by atoms with E-state index in [4.69, 9.17) is 5.73 Å². The lowest BCUT2D eigenvalue weighted by Crippen LogP contribution is -2.45. The van der Waals surface area contributed by atoms with Crippen LogP contribution >= 0.6 is 0 Å². The molecule has 1 aromatic heterocycles. The molecule has 1 aliphatic heterocycles. The zero-order valence-corrected chi connectivity index (χ0v) is 9.59. The fourth-order valence-electron chi connectivity index (χ4n) is 2.12. The van der Waals surface area contributed by atoms with Crippen LogP contribution in [0.5, 0.6) is 0 Å². The summed E-state index contributed by atoms with van der Waals surface area (Å²) >= 11 is 0. The normalized spacial score (nSPS) is 21.5. The molecule has 7 nitrogen and oxygen atoms in total. The first-order valence-corrected chi connectivity index (χ1v) is 5.57. The van der Waals surface area contributed by atoms with Crippen LogP contribution in [0.4, 0.5) is 0 Å². The Kier molecular flexibility index (Phi) is 3.08. The van der Waals surface area contributed by atoms with E-state index in [2.05, 4.69) is 15.4 Å². The van der Waals surface area contributed by atoms with Crippen LogP contribution in [0.1, 0.15) is 31.4 Å². The maximum Gasteiger partial charge on any atom is 0.240 e. The van der Waals surface area contributed by atoms with Gasteiger partial charge in [-0.05, 0) is 19.8 Å². The summed E-state index contributed by atoms with van der Waals surface area (Å²) in [6, 6.07) is -0.471. The van der Waals surface area contributed by atoms with Crippen molar-refractivity contribution in [2.75, 3.05) is 6.54 Å². The lowest BCUT2D eigenvalue weighted by atomic mass is 10.1. The summed E-state index contributed by atoms with van der Waals surface area (Å²) < 4.78 is 0. The Labute approximate surface area is 98.4 Å². The van der Waals surface area contributed by atoms with Crippen LogP contribution in [-0.2, 0) is 9.59 Å². The maximum atomic E-state index is 12.2. The topological polar surface area (TPSA) is 105 Å². The largest absolute Gasteiger partial charge is 0.368 e. The van der Waals surface area contributed by atoms with Gasteiger partial charge < -0.3 is 10.6 Å². The number of carbonyl (C=O) groups excluding carboxylic acids is 2. The molecule has 1 fully saturated rings. The first-order chi connectivity index (χ1) is 8.11. The molecular formula is C10H15N5O2. The van der Waals surface area contributed by atoms with E-state index in [1.165, 1.54) is 6.20 Å². The van der Waals surface area contributed by atoms with E-state index in [-0.39, 0.29) is 11.8 Å². The van der Waals surface area contributed by atoms with Crippen LogP contribution in [0.25, 0.3) is 0 Å². The number of nitrogens with zero attached hydrogens (tertiary/aromatic N) is 3. The molecule has 92 valence electrons. The molecule has 1 aliphatic rings. The van der Waals surface area contributed by atoms with Crippen LogP contribution < -0.4 is 5.73 Å². The summed E-state index contributed by atoms with van der Waals surface area (Å²) in [4.78, 5) is 25.0. The molecule has 0 radical (unpaired) electrons. The molecule has 0 spiro atoms. The summed E-state index contributed by atoms with van der Waals surface area (Å²) in [6.45, 7) is 2.34. The highest BCUT2D eigenvalue weighted by Gasteiger charge is 2.35. The molecule has 17 heavy (non-hydrogen) atoms. The number of likely N-dealkylation sites (tertiary alicyclic amines) is 1. The van der Waals surface area contributed by atoms with Gasteiger partial charge in [0.1, 0.15) is 6.04 Å². The van der Waals surface area contributed by atoms with Crippen LogP contribution in [0.3, 0.4) is 0 Å². The third-order valence-electron chi connectivity index (χ3n) is 3.13. The lowest BCUT2D eigenvalue weighted by Gasteiger charge is -2.24. The Morgan fingerprint density at radius 2 is 2.41 bits per heavy atom. The summed E-state index contributed by atoms with van der Waals surface area (Å²) in [7, 11) is 0. The van der Waals surface area contributed by atoms with E-state index in [0.29, 0.717) is 18.7 Å². The fraction of sp³-hybridized carbons (Fsp3) is 0.600. The minimum atomic E-state index is -0.471. The second kappa shape index (κ2) is 4.52. The van der Waals surface area contributed by atoms with Crippen LogP contribution in [-0.4, -0.2) is 44.7 Å². The molecule has 0 aromatic carbocycles. The van der Waals surface area contributed by atoms with Gasteiger partial charge in [-0.2, -0.15) is 0 Å². The number of aromatic nitrogens is 3. The van der Waals surface area contributed by atoms with Crippen molar-refractivity contribution in [1.29, 1.82) is 0 Å². The minimum absolute atomic E-state index is 0.114. The number of carbonyl (C=O) groups is 2. The van der Waals surface area contributed by atoms with E-state index >= 15 is 0 Å². The number of nitrogens with one attached hydrogen (secondary N) is 1. The molecule has 0 aliphatic carbocycles. The van der Waals surface area contributed by atoms with Crippen molar-refractivity contribution >= 4 is 11.8 Å². The average Bonchev–Trinajstić information content (AvgIpc) is 2.97. The molecule has 2 amide bonds. The predicted octanol–water partition coefficient (Wildman–Crippen LogP) is -0.615. The molecular weight excluding hydrogens is 222 g/mol. The standard InChI is InChI=1S/C10H15N5O2/c1-6(7-5-12-14-13-7)10(17)15-4-2-3-8(15)9(11)16/h5-6,8H,2-4H2,1H3,(H2,11,16)(H,12,13,14). The summed E-state index contributed by atoms with van der Waals surface area (Å²) in [5, 5.41) is 9.87. The van der Waals surface area contributed by atoms with Crippen molar-refractivity contribution in [1.82, 2.24) is 20.3 Å². The second-order valence-corrected chi connectivity index (χ2v) is 4.23. The van der Waals surface area contributed by atoms with Crippen molar-refractivity contribution in [2.45, 2.75) is 31.7 Å². The Bertz CT molecular complexity index is 416. The lowest BCUT2D eigenvalue weighted by molar-refractivity contribution is -0.138. The smallest absolute Gasteiger partial charge is 0.240 e. The van der Waals surface area contributed by atoms with E-state index in [1.807, 2.05) is 0 Å². The highest BCUT2D eigenvalue weighted by atomic mass is 16.2. The van der Waals surface area contributed by atoms with Crippen molar-refractivity contribution in [3.05, 3.63) is 11.9 Å². The van der Waals surface area contributed by atoms with Gasteiger partial charge in [0.15, 0.2) is 0 Å². The molecule has 0 bridgehead atoms. The number of nitrogens with two attached hydrogens (primary N) is 1.